The van der Waals surface area contributed by atoms with Crippen LogP contribution in [0.4, 0.5) is 18.9 Å². The predicted octanol–water partition coefficient (Wildman–Crippen LogP) is 1.97. The first-order chi connectivity index (χ1) is 14.2. The van der Waals surface area contributed by atoms with Gasteiger partial charge in [-0.2, -0.15) is 13.2 Å². The van der Waals surface area contributed by atoms with Gasteiger partial charge in [-0.05, 0) is 18.2 Å². The normalized spacial score (nSPS) is 14.6. The average Bonchev–Trinajstić information content (AvgIpc) is 3.05. The van der Waals surface area contributed by atoms with Gasteiger partial charge in [0.05, 0.1) is 31.0 Å². The zero-order valence-electron chi connectivity index (χ0n) is 16.1. The largest absolute Gasteiger partial charge is 0.416 e. The van der Waals surface area contributed by atoms with Crippen molar-refractivity contribution in [2.24, 2.45) is 7.05 Å². The Morgan fingerprint density at radius 3 is 2.67 bits per heavy atom. The Morgan fingerprint density at radius 1 is 1.23 bits per heavy atom. The molecular weight excluding hydrogens is 423 g/mol. The van der Waals surface area contributed by atoms with Crippen LogP contribution in [0.1, 0.15) is 11.4 Å². The number of benzene rings is 1. The lowest BCUT2D eigenvalue weighted by molar-refractivity contribution is -0.137. The van der Waals surface area contributed by atoms with Gasteiger partial charge < -0.3 is 19.5 Å². The molecule has 1 aromatic heterocycles. The molecule has 3 rings (SSSR count). The van der Waals surface area contributed by atoms with Crippen LogP contribution in [0.2, 0.25) is 0 Å². The van der Waals surface area contributed by atoms with E-state index in [1.54, 1.807) is 16.5 Å². The zero-order valence-corrected chi connectivity index (χ0v) is 16.9. The molecule has 0 atom stereocenters. The standard InChI is InChI=1S/C18H20F3N5O3S/c1-25-14(10-15(27)22-13-4-2-3-12(9-13)18(19,20)21)23-24-17(25)30-11-16(28)26-5-7-29-8-6-26/h2-4,9H,5-8,10-11H2,1H3,(H,22,27). The highest BCUT2D eigenvalue weighted by atomic mass is 32.2. The second-order valence-electron chi connectivity index (χ2n) is 6.54. The second kappa shape index (κ2) is 9.47. The number of hydrogen-bond acceptors (Lipinski definition) is 6. The van der Waals surface area contributed by atoms with E-state index in [1.165, 1.54) is 23.9 Å². The lowest BCUT2D eigenvalue weighted by Crippen LogP contribution is -2.41. The number of anilines is 1. The minimum Gasteiger partial charge on any atom is -0.378 e. The topological polar surface area (TPSA) is 89.3 Å². The monoisotopic (exact) mass is 443 g/mol. The number of carbonyl (C=O) groups is 2. The van der Waals surface area contributed by atoms with Crippen LogP contribution >= 0.6 is 11.8 Å². The van der Waals surface area contributed by atoms with Crippen LogP contribution in [0.15, 0.2) is 29.4 Å². The minimum atomic E-state index is -4.49. The maximum atomic E-state index is 12.8. The van der Waals surface area contributed by atoms with E-state index in [0.717, 1.165) is 12.1 Å². The smallest absolute Gasteiger partial charge is 0.378 e. The van der Waals surface area contributed by atoms with Crippen LogP contribution < -0.4 is 5.32 Å². The number of rotatable bonds is 6. The van der Waals surface area contributed by atoms with Gasteiger partial charge in [-0.1, -0.05) is 17.8 Å². The van der Waals surface area contributed by atoms with Gasteiger partial charge in [-0.15, -0.1) is 10.2 Å². The van der Waals surface area contributed by atoms with Crippen molar-refractivity contribution < 1.29 is 27.5 Å². The molecule has 8 nitrogen and oxygen atoms in total. The van der Waals surface area contributed by atoms with Crippen LogP contribution in [0.25, 0.3) is 0 Å². The molecule has 30 heavy (non-hydrogen) atoms. The highest BCUT2D eigenvalue weighted by Crippen LogP contribution is 2.30. The summed E-state index contributed by atoms with van der Waals surface area (Å²) in [6.45, 7) is 2.15. The Labute approximate surface area is 174 Å². The summed E-state index contributed by atoms with van der Waals surface area (Å²) in [7, 11) is 1.66. The molecule has 1 saturated heterocycles. The number of morpholine rings is 1. The first-order valence-corrected chi connectivity index (χ1v) is 10.1. The van der Waals surface area contributed by atoms with Crippen LogP contribution in [0.3, 0.4) is 0 Å². The van der Waals surface area contributed by atoms with E-state index in [2.05, 4.69) is 15.5 Å². The SMILES string of the molecule is Cn1c(CC(=O)Nc2cccc(C(F)(F)F)c2)nnc1SCC(=O)N1CCOCC1. The van der Waals surface area contributed by atoms with Gasteiger partial charge in [0.1, 0.15) is 5.82 Å². The molecule has 0 unspecified atom stereocenters. The number of nitrogens with one attached hydrogen (secondary N) is 1. The lowest BCUT2D eigenvalue weighted by atomic mass is 10.2. The third-order valence-electron chi connectivity index (χ3n) is 4.41. The molecule has 2 heterocycles. The summed E-state index contributed by atoms with van der Waals surface area (Å²) in [4.78, 5) is 26.2. The molecule has 1 aliphatic heterocycles. The first-order valence-electron chi connectivity index (χ1n) is 9.08. The number of thioether (sulfide) groups is 1. The van der Waals surface area contributed by atoms with Crippen molar-refractivity contribution in [2.45, 2.75) is 17.8 Å². The van der Waals surface area contributed by atoms with Crippen LogP contribution in [0, 0.1) is 0 Å². The number of nitrogens with zero attached hydrogens (tertiary/aromatic N) is 4. The van der Waals surface area contributed by atoms with Crippen molar-refractivity contribution in [1.82, 2.24) is 19.7 Å². The van der Waals surface area contributed by atoms with Crippen molar-refractivity contribution in [3.8, 4) is 0 Å². The number of carbonyl (C=O) groups excluding carboxylic acids is 2. The Kier molecular flexibility index (Phi) is 6.98. The summed E-state index contributed by atoms with van der Waals surface area (Å²) < 4.78 is 45.2. The van der Waals surface area contributed by atoms with Crippen molar-refractivity contribution in [3.05, 3.63) is 35.7 Å². The molecule has 0 spiro atoms. The summed E-state index contributed by atoms with van der Waals surface area (Å²) in [5.41, 5.74) is -0.801. The fourth-order valence-electron chi connectivity index (χ4n) is 2.78. The first kappa shape index (κ1) is 22.1. The van der Waals surface area contributed by atoms with Gasteiger partial charge in [-0.25, -0.2) is 0 Å². The second-order valence-corrected chi connectivity index (χ2v) is 7.49. The Balaban J connectivity index is 1.55. The minimum absolute atomic E-state index is 0.0323. The van der Waals surface area contributed by atoms with Crippen molar-refractivity contribution in [2.75, 3.05) is 37.4 Å². The molecule has 1 aromatic carbocycles. The zero-order chi connectivity index (χ0) is 21.7. The van der Waals surface area contributed by atoms with Crippen LogP contribution in [0.5, 0.6) is 0 Å². The molecule has 162 valence electrons. The molecule has 1 N–H and O–H groups in total. The number of alkyl halides is 3. The quantitative estimate of drug-likeness (QED) is 0.687. The molecule has 2 amide bonds. The number of amides is 2. The predicted molar refractivity (Wildman–Crippen MR) is 103 cm³/mol. The van der Waals surface area contributed by atoms with E-state index in [1.807, 2.05) is 0 Å². The molecule has 2 aromatic rings. The van der Waals surface area contributed by atoms with Gasteiger partial charge in [0.15, 0.2) is 5.16 Å². The van der Waals surface area contributed by atoms with Crippen LogP contribution in [-0.2, 0) is 34.0 Å². The molecular formula is C18H20F3N5O3S. The van der Waals surface area contributed by atoms with Crippen molar-refractivity contribution in [1.29, 1.82) is 0 Å². The fraction of sp³-hybridized carbons (Fsp3) is 0.444. The molecule has 0 radical (unpaired) electrons. The highest BCUT2D eigenvalue weighted by molar-refractivity contribution is 7.99. The summed E-state index contributed by atoms with van der Waals surface area (Å²) >= 11 is 1.21. The van der Waals surface area contributed by atoms with E-state index >= 15 is 0 Å². The molecule has 1 aliphatic rings. The maximum Gasteiger partial charge on any atom is 0.416 e. The number of hydrogen-bond donors (Lipinski definition) is 1. The molecule has 1 fully saturated rings. The third kappa shape index (κ3) is 5.72. The highest BCUT2D eigenvalue weighted by Gasteiger charge is 2.30. The summed E-state index contributed by atoms with van der Waals surface area (Å²) in [5, 5.41) is 10.8. The van der Waals surface area contributed by atoms with Gasteiger partial charge >= 0.3 is 6.18 Å². The molecule has 0 aliphatic carbocycles. The Hall–Kier alpha value is -2.60. The lowest BCUT2D eigenvalue weighted by Gasteiger charge is -2.26. The number of aromatic nitrogens is 3. The molecule has 0 saturated carbocycles. The van der Waals surface area contributed by atoms with Gasteiger partial charge in [0, 0.05) is 25.8 Å². The molecule has 12 heteroatoms. The van der Waals surface area contributed by atoms with Gasteiger partial charge in [0.25, 0.3) is 0 Å². The Morgan fingerprint density at radius 2 is 1.97 bits per heavy atom. The van der Waals surface area contributed by atoms with E-state index in [0.29, 0.717) is 37.3 Å². The van der Waals surface area contributed by atoms with E-state index in [9.17, 15) is 22.8 Å². The van der Waals surface area contributed by atoms with E-state index in [-0.39, 0.29) is 23.8 Å². The van der Waals surface area contributed by atoms with Crippen molar-refractivity contribution >= 4 is 29.3 Å². The van der Waals surface area contributed by atoms with E-state index < -0.39 is 17.6 Å². The number of halogens is 3. The van der Waals surface area contributed by atoms with Crippen LogP contribution in [-0.4, -0.2) is 63.5 Å². The Bertz CT molecular complexity index is 913. The average molecular weight is 443 g/mol. The van der Waals surface area contributed by atoms with E-state index in [4.69, 9.17) is 4.74 Å². The van der Waals surface area contributed by atoms with Crippen molar-refractivity contribution in [3.63, 3.8) is 0 Å². The fourth-order valence-corrected chi connectivity index (χ4v) is 3.61. The van der Waals surface area contributed by atoms with Gasteiger partial charge in [0.2, 0.25) is 11.8 Å². The van der Waals surface area contributed by atoms with Gasteiger partial charge in [-0.3, -0.25) is 9.59 Å². The third-order valence-corrected chi connectivity index (χ3v) is 5.41. The number of ether oxygens (including phenoxy) is 1. The summed E-state index contributed by atoms with van der Waals surface area (Å²) in [6, 6.07) is 4.40. The summed E-state index contributed by atoms with van der Waals surface area (Å²) in [6.07, 6.45) is -4.66. The summed E-state index contributed by atoms with van der Waals surface area (Å²) in [5.74, 6) is -0.0377. The maximum absolute atomic E-state index is 12.8. The molecule has 0 bridgehead atoms.